The molecule has 1 atom stereocenters. The van der Waals surface area contributed by atoms with E-state index in [9.17, 15) is 9.59 Å². The van der Waals surface area contributed by atoms with E-state index in [-0.39, 0.29) is 25.8 Å². The van der Waals surface area contributed by atoms with Crippen molar-refractivity contribution in [1.29, 1.82) is 0 Å². The molecule has 0 spiro atoms. The Hall–Kier alpha value is -1.92. The summed E-state index contributed by atoms with van der Waals surface area (Å²) in [4.78, 5) is 24.1. The molecule has 25 heavy (non-hydrogen) atoms. The van der Waals surface area contributed by atoms with Gasteiger partial charge in [-0.15, -0.1) is 0 Å². The van der Waals surface area contributed by atoms with Crippen molar-refractivity contribution in [3.63, 3.8) is 0 Å². The average Bonchev–Trinajstić information content (AvgIpc) is 2.63. The van der Waals surface area contributed by atoms with E-state index in [4.69, 9.17) is 9.84 Å². The molecular formula is C19H28N2O4. The molecule has 1 aliphatic carbocycles. The van der Waals surface area contributed by atoms with Gasteiger partial charge in [0, 0.05) is 12.6 Å². The highest BCUT2D eigenvalue weighted by Crippen LogP contribution is 2.18. The van der Waals surface area contributed by atoms with Crippen LogP contribution in [0.5, 0.6) is 0 Å². The molecule has 1 fully saturated rings. The van der Waals surface area contributed by atoms with Crippen molar-refractivity contribution in [3.05, 3.63) is 35.4 Å². The van der Waals surface area contributed by atoms with Crippen molar-refractivity contribution in [2.24, 2.45) is 0 Å². The lowest BCUT2D eigenvalue weighted by Crippen LogP contribution is -2.46. The molecule has 1 unspecified atom stereocenters. The van der Waals surface area contributed by atoms with E-state index >= 15 is 0 Å². The summed E-state index contributed by atoms with van der Waals surface area (Å²) in [6.07, 6.45) is 4.85. The molecule has 1 aromatic rings. The molecule has 3 N–H and O–H groups in total. The van der Waals surface area contributed by atoms with Gasteiger partial charge in [-0.05, 0) is 25.3 Å². The Kier molecular flexibility index (Phi) is 7.88. The molecule has 138 valence electrons. The minimum Gasteiger partial charge on any atom is -0.394 e. The fourth-order valence-corrected chi connectivity index (χ4v) is 3.01. The highest BCUT2D eigenvalue weighted by atomic mass is 16.5. The standard InChI is InChI=1S/C19H28N2O4/c1-14-7-9-15(10-8-14)17(25-12-11-22)13-20-18(23)19(24)21-16-5-3-2-4-6-16/h7-10,16-17,22H,2-6,11-13H2,1H3,(H,20,23)(H,21,24). The van der Waals surface area contributed by atoms with Gasteiger partial charge in [-0.3, -0.25) is 9.59 Å². The number of hydrogen-bond donors (Lipinski definition) is 3. The summed E-state index contributed by atoms with van der Waals surface area (Å²) >= 11 is 0. The lowest BCUT2D eigenvalue weighted by Gasteiger charge is -2.23. The van der Waals surface area contributed by atoms with Gasteiger partial charge in [-0.2, -0.15) is 0 Å². The Bertz CT molecular complexity index is 553. The average molecular weight is 348 g/mol. The smallest absolute Gasteiger partial charge is 0.309 e. The number of rotatable bonds is 7. The van der Waals surface area contributed by atoms with E-state index in [2.05, 4.69) is 10.6 Å². The highest BCUT2D eigenvalue weighted by Gasteiger charge is 2.21. The van der Waals surface area contributed by atoms with Crippen molar-refractivity contribution in [2.45, 2.75) is 51.2 Å². The molecule has 0 aliphatic heterocycles. The Morgan fingerprint density at radius 3 is 2.48 bits per heavy atom. The van der Waals surface area contributed by atoms with E-state index in [1.807, 2.05) is 31.2 Å². The van der Waals surface area contributed by atoms with Crippen LogP contribution in [0.4, 0.5) is 0 Å². The number of aliphatic hydroxyl groups excluding tert-OH is 1. The van der Waals surface area contributed by atoms with E-state index in [1.54, 1.807) is 0 Å². The number of ether oxygens (including phenoxy) is 1. The van der Waals surface area contributed by atoms with Crippen LogP contribution in [0.2, 0.25) is 0 Å². The molecule has 0 heterocycles. The molecule has 1 saturated carbocycles. The number of amides is 2. The first-order valence-corrected chi connectivity index (χ1v) is 8.98. The molecule has 0 bridgehead atoms. The predicted molar refractivity (Wildman–Crippen MR) is 95.0 cm³/mol. The van der Waals surface area contributed by atoms with Crippen LogP contribution in [0.3, 0.4) is 0 Å². The highest BCUT2D eigenvalue weighted by molar-refractivity contribution is 6.35. The van der Waals surface area contributed by atoms with E-state index < -0.39 is 17.9 Å². The van der Waals surface area contributed by atoms with Gasteiger partial charge in [-0.1, -0.05) is 49.1 Å². The molecule has 1 aliphatic rings. The maximum atomic E-state index is 12.1. The number of aryl methyl sites for hydroxylation is 1. The van der Waals surface area contributed by atoms with Gasteiger partial charge < -0.3 is 20.5 Å². The second-order valence-electron chi connectivity index (χ2n) is 6.51. The topological polar surface area (TPSA) is 87.7 Å². The van der Waals surface area contributed by atoms with E-state index in [0.717, 1.165) is 36.8 Å². The number of aliphatic hydroxyl groups is 1. The summed E-state index contributed by atoms with van der Waals surface area (Å²) in [6.45, 7) is 2.24. The molecule has 0 saturated heterocycles. The molecule has 2 rings (SSSR count). The zero-order valence-electron chi connectivity index (χ0n) is 14.8. The van der Waals surface area contributed by atoms with Crippen LogP contribution in [-0.2, 0) is 14.3 Å². The molecule has 1 aromatic carbocycles. The Labute approximate surface area is 149 Å². The van der Waals surface area contributed by atoms with Crippen LogP contribution < -0.4 is 10.6 Å². The first-order valence-electron chi connectivity index (χ1n) is 8.98. The molecule has 2 amide bonds. The minimum atomic E-state index is -0.643. The van der Waals surface area contributed by atoms with Gasteiger partial charge in [0.25, 0.3) is 0 Å². The molecule has 0 aromatic heterocycles. The third-order valence-electron chi connectivity index (χ3n) is 4.45. The third-order valence-corrected chi connectivity index (χ3v) is 4.45. The van der Waals surface area contributed by atoms with E-state index in [0.29, 0.717) is 0 Å². The molecule has 0 radical (unpaired) electrons. The van der Waals surface area contributed by atoms with Crippen LogP contribution >= 0.6 is 0 Å². The van der Waals surface area contributed by atoms with Crippen molar-refractivity contribution in [1.82, 2.24) is 10.6 Å². The van der Waals surface area contributed by atoms with Crippen molar-refractivity contribution in [2.75, 3.05) is 19.8 Å². The first kappa shape index (κ1) is 19.4. The summed E-state index contributed by atoms with van der Waals surface area (Å²) in [7, 11) is 0. The van der Waals surface area contributed by atoms with Crippen LogP contribution in [0.1, 0.15) is 49.3 Å². The van der Waals surface area contributed by atoms with Crippen LogP contribution in [-0.4, -0.2) is 42.7 Å². The lowest BCUT2D eigenvalue weighted by molar-refractivity contribution is -0.140. The third kappa shape index (κ3) is 6.48. The second-order valence-corrected chi connectivity index (χ2v) is 6.51. The predicted octanol–water partition coefficient (Wildman–Crippen LogP) is 1.61. The van der Waals surface area contributed by atoms with Gasteiger partial charge in [0.05, 0.1) is 19.3 Å². The van der Waals surface area contributed by atoms with Crippen LogP contribution in [0.25, 0.3) is 0 Å². The van der Waals surface area contributed by atoms with Gasteiger partial charge >= 0.3 is 11.8 Å². The molecule has 6 nitrogen and oxygen atoms in total. The van der Waals surface area contributed by atoms with Gasteiger partial charge in [0.2, 0.25) is 0 Å². The lowest BCUT2D eigenvalue weighted by atomic mass is 9.95. The summed E-state index contributed by atoms with van der Waals surface area (Å²) in [5.74, 6) is -1.23. The molecule has 6 heteroatoms. The summed E-state index contributed by atoms with van der Waals surface area (Å²) < 4.78 is 5.60. The van der Waals surface area contributed by atoms with Gasteiger partial charge in [-0.25, -0.2) is 0 Å². The minimum absolute atomic E-state index is 0.0987. The zero-order valence-corrected chi connectivity index (χ0v) is 14.8. The summed E-state index contributed by atoms with van der Waals surface area (Å²) in [6, 6.07) is 7.87. The normalized spacial score (nSPS) is 16.2. The Morgan fingerprint density at radius 1 is 1.16 bits per heavy atom. The van der Waals surface area contributed by atoms with Crippen LogP contribution in [0.15, 0.2) is 24.3 Å². The second kappa shape index (κ2) is 10.2. The van der Waals surface area contributed by atoms with Crippen molar-refractivity contribution >= 4 is 11.8 Å². The number of nitrogens with one attached hydrogen (secondary N) is 2. The van der Waals surface area contributed by atoms with Gasteiger partial charge in [0.15, 0.2) is 0 Å². The largest absolute Gasteiger partial charge is 0.394 e. The quantitative estimate of drug-likeness (QED) is 0.653. The summed E-state index contributed by atoms with van der Waals surface area (Å²) in [5, 5.41) is 14.4. The zero-order chi connectivity index (χ0) is 18.1. The fraction of sp³-hybridized carbons (Fsp3) is 0.579. The molecular weight excluding hydrogens is 320 g/mol. The van der Waals surface area contributed by atoms with Gasteiger partial charge in [0.1, 0.15) is 0 Å². The number of carbonyl (C=O) groups is 2. The van der Waals surface area contributed by atoms with Crippen molar-refractivity contribution in [3.8, 4) is 0 Å². The number of benzene rings is 1. The fourth-order valence-electron chi connectivity index (χ4n) is 3.01. The number of hydrogen-bond acceptors (Lipinski definition) is 4. The van der Waals surface area contributed by atoms with Crippen LogP contribution in [0, 0.1) is 6.92 Å². The maximum absolute atomic E-state index is 12.1. The number of carbonyl (C=O) groups excluding carboxylic acids is 2. The SMILES string of the molecule is Cc1ccc(C(CNC(=O)C(=O)NC2CCCCC2)OCCO)cc1. The summed E-state index contributed by atoms with van der Waals surface area (Å²) in [5.41, 5.74) is 2.02. The Balaban J connectivity index is 1.86. The first-order chi connectivity index (χ1) is 12.1. The maximum Gasteiger partial charge on any atom is 0.309 e. The van der Waals surface area contributed by atoms with E-state index in [1.165, 1.54) is 6.42 Å². The Morgan fingerprint density at radius 2 is 1.84 bits per heavy atom. The van der Waals surface area contributed by atoms with Crippen molar-refractivity contribution < 1.29 is 19.4 Å². The monoisotopic (exact) mass is 348 g/mol.